The van der Waals surface area contributed by atoms with Gasteiger partial charge in [-0.05, 0) is 31.0 Å². The van der Waals surface area contributed by atoms with E-state index < -0.39 is 14.4 Å². The molecule has 0 unspecified atom stereocenters. The molecule has 0 saturated heterocycles. The molecule has 1 saturated carbocycles. The van der Waals surface area contributed by atoms with Gasteiger partial charge in [-0.25, -0.2) is 4.79 Å². The van der Waals surface area contributed by atoms with Gasteiger partial charge in [0.25, 0.3) is 0 Å². The molecule has 0 aromatic carbocycles. The second-order valence-corrected chi connectivity index (χ2v) is 10.9. The van der Waals surface area contributed by atoms with Gasteiger partial charge in [-0.2, -0.15) is 0 Å². The Labute approximate surface area is 98.5 Å². The lowest BCUT2D eigenvalue weighted by atomic mass is 9.90. The lowest BCUT2D eigenvalue weighted by molar-refractivity contribution is 0.0712. The topological polar surface area (TPSA) is 58.6 Å². The molecule has 1 fully saturated rings. The minimum absolute atomic E-state index is 0.0901. The van der Waals surface area contributed by atoms with Gasteiger partial charge in [-0.15, -0.1) is 0 Å². The van der Waals surface area contributed by atoms with E-state index in [9.17, 15) is 4.79 Å². The highest BCUT2D eigenvalue weighted by atomic mass is 28.4. The summed E-state index contributed by atoms with van der Waals surface area (Å²) >= 11 is 0. The van der Waals surface area contributed by atoms with Crippen molar-refractivity contribution < 1.29 is 14.3 Å². The van der Waals surface area contributed by atoms with E-state index in [0.717, 1.165) is 12.8 Å². The number of hydrogen-bond acceptors (Lipinski definition) is 2. The predicted molar refractivity (Wildman–Crippen MR) is 66.3 cm³/mol. The van der Waals surface area contributed by atoms with Crippen LogP contribution in [0.3, 0.4) is 0 Å². The molecule has 1 amide bonds. The fraction of sp³-hybridized carbons (Fsp3) is 0.909. The summed E-state index contributed by atoms with van der Waals surface area (Å²) in [5.74, 6) is 0. The van der Waals surface area contributed by atoms with Crippen LogP contribution in [0.4, 0.5) is 4.79 Å². The van der Waals surface area contributed by atoms with Crippen molar-refractivity contribution in [1.82, 2.24) is 5.32 Å². The van der Waals surface area contributed by atoms with Crippen molar-refractivity contribution >= 4 is 14.4 Å². The number of amides is 1. The fourth-order valence-corrected chi connectivity index (χ4v) is 2.93. The molecule has 5 heteroatoms. The van der Waals surface area contributed by atoms with Crippen molar-refractivity contribution in [2.75, 3.05) is 0 Å². The van der Waals surface area contributed by atoms with Gasteiger partial charge < -0.3 is 14.8 Å². The molecule has 0 atom stereocenters. The summed E-state index contributed by atoms with van der Waals surface area (Å²) in [5.41, 5.74) is 0. The number of carbonyl (C=O) groups is 1. The molecule has 0 heterocycles. The summed E-state index contributed by atoms with van der Waals surface area (Å²) in [6.45, 7) is 11.1. The summed E-state index contributed by atoms with van der Waals surface area (Å²) in [7, 11) is -1.68. The first-order chi connectivity index (χ1) is 7.12. The largest absolute Gasteiger partial charge is 0.465 e. The standard InChI is InChI=1S/C11H23NO3Si/c1-11(2,3)16(4,5)15-9-6-8(7-9)12-10(13)14/h8-9,12H,6-7H2,1-5H3,(H,13,14)/t8-,9-. The minimum atomic E-state index is -1.68. The first-order valence-electron chi connectivity index (χ1n) is 5.79. The van der Waals surface area contributed by atoms with Crippen LogP contribution < -0.4 is 5.32 Å². The van der Waals surface area contributed by atoms with E-state index >= 15 is 0 Å². The van der Waals surface area contributed by atoms with E-state index in [1.807, 2.05) is 0 Å². The summed E-state index contributed by atoms with van der Waals surface area (Å²) in [6, 6.07) is 0.0901. The molecule has 94 valence electrons. The Kier molecular flexibility index (Phi) is 3.69. The van der Waals surface area contributed by atoms with Crippen LogP contribution >= 0.6 is 0 Å². The zero-order valence-corrected chi connectivity index (χ0v) is 11.8. The van der Waals surface area contributed by atoms with Crippen molar-refractivity contribution in [1.29, 1.82) is 0 Å². The highest BCUT2D eigenvalue weighted by molar-refractivity contribution is 6.74. The third-order valence-electron chi connectivity index (χ3n) is 3.69. The van der Waals surface area contributed by atoms with E-state index in [-0.39, 0.29) is 17.2 Å². The highest BCUT2D eigenvalue weighted by Crippen LogP contribution is 2.39. The van der Waals surface area contributed by atoms with Gasteiger partial charge in [0.05, 0.1) is 0 Å². The van der Waals surface area contributed by atoms with Crippen molar-refractivity contribution in [2.24, 2.45) is 0 Å². The molecule has 16 heavy (non-hydrogen) atoms. The number of hydrogen-bond donors (Lipinski definition) is 2. The van der Waals surface area contributed by atoms with Crippen LogP contribution in [0.25, 0.3) is 0 Å². The molecule has 0 spiro atoms. The zero-order valence-electron chi connectivity index (χ0n) is 10.8. The normalized spacial score (nSPS) is 26.1. The van der Waals surface area contributed by atoms with Crippen LogP contribution in [0.15, 0.2) is 0 Å². The highest BCUT2D eigenvalue weighted by Gasteiger charge is 2.42. The molecular formula is C11H23NO3Si. The van der Waals surface area contributed by atoms with E-state index in [0.29, 0.717) is 0 Å². The Bertz CT molecular complexity index is 267. The van der Waals surface area contributed by atoms with Gasteiger partial charge in [0, 0.05) is 12.1 Å². The molecule has 0 aliphatic heterocycles. The molecule has 1 rings (SSSR count). The van der Waals surface area contributed by atoms with Crippen molar-refractivity contribution in [3.8, 4) is 0 Å². The van der Waals surface area contributed by atoms with E-state index in [2.05, 4.69) is 39.2 Å². The summed E-state index contributed by atoms with van der Waals surface area (Å²) in [6.07, 6.45) is 0.950. The zero-order chi connectivity index (χ0) is 12.6. The van der Waals surface area contributed by atoms with Gasteiger partial charge in [-0.1, -0.05) is 20.8 Å². The second kappa shape index (κ2) is 4.37. The van der Waals surface area contributed by atoms with Gasteiger partial charge in [0.1, 0.15) is 0 Å². The molecule has 2 N–H and O–H groups in total. The maximum atomic E-state index is 10.4. The van der Waals surface area contributed by atoms with E-state index in [1.165, 1.54) is 0 Å². The maximum absolute atomic E-state index is 10.4. The Hall–Kier alpha value is -0.553. The molecular weight excluding hydrogens is 222 g/mol. The first-order valence-corrected chi connectivity index (χ1v) is 8.70. The Morgan fingerprint density at radius 2 is 1.88 bits per heavy atom. The van der Waals surface area contributed by atoms with Crippen molar-refractivity contribution in [3.63, 3.8) is 0 Å². The summed E-state index contributed by atoms with van der Waals surface area (Å²) in [5, 5.41) is 11.3. The third-order valence-corrected chi connectivity index (χ3v) is 8.22. The smallest absolute Gasteiger partial charge is 0.404 e. The quantitative estimate of drug-likeness (QED) is 0.752. The van der Waals surface area contributed by atoms with Crippen LogP contribution in [0, 0.1) is 0 Å². The van der Waals surface area contributed by atoms with Crippen LogP contribution in [0.1, 0.15) is 33.6 Å². The Morgan fingerprint density at radius 1 is 1.38 bits per heavy atom. The summed E-state index contributed by atoms with van der Waals surface area (Å²) < 4.78 is 6.16. The Balaban J connectivity index is 2.35. The lowest BCUT2D eigenvalue weighted by Gasteiger charge is -2.44. The second-order valence-electron chi connectivity index (χ2n) is 6.12. The molecule has 1 aliphatic rings. The molecule has 1 aliphatic carbocycles. The predicted octanol–water partition coefficient (Wildman–Crippen LogP) is 2.81. The lowest BCUT2D eigenvalue weighted by Crippen LogP contribution is -2.53. The fourth-order valence-electron chi connectivity index (χ4n) is 1.55. The Morgan fingerprint density at radius 3 is 2.25 bits per heavy atom. The van der Waals surface area contributed by atoms with E-state index in [1.54, 1.807) is 0 Å². The molecule has 0 bridgehead atoms. The maximum Gasteiger partial charge on any atom is 0.404 e. The number of nitrogens with one attached hydrogen (secondary N) is 1. The summed E-state index contributed by atoms with van der Waals surface area (Å²) in [4.78, 5) is 10.4. The molecule has 0 radical (unpaired) electrons. The molecule has 4 nitrogen and oxygen atoms in total. The van der Waals surface area contributed by atoms with Crippen molar-refractivity contribution in [3.05, 3.63) is 0 Å². The first kappa shape index (κ1) is 13.5. The number of carboxylic acid groups (broad SMARTS) is 1. The average Bonchev–Trinajstić information content (AvgIpc) is 1.96. The minimum Gasteiger partial charge on any atom is -0.465 e. The van der Waals surface area contributed by atoms with Crippen molar-refractivity contribution in [2.45, 2.75) is 63.9 Å². The van der Waals surface area contributed by atoms with E-state index in [4.69, 9.17) is 9.53 Å². The van der Waals surface area contributed by atoms with Gasteiger partial charge in [-0.3, -0.25) is 0 Å². The van der Waals surface area contributed by atoms with Crippen LogP contribution in [0.2, 0.25) is 18.1 Å². The van der Waals surface area contributed by atoms with Gasteiger partial charge >= 0.3 is 6.09 Å². The van der Waals surface area contributed by atoms with Gasteiger partial charge in [0.2, 0.25) is 0 Å². The number of rotatable bonds is 3. The van der Waals surface area contributed by atoms with Crippen LogP contribution in [-0.2, 0) is 4.43 Å². The van der Waals surface area contributed by atoms with Gasteiger partial charge in [0.15, 0.2) is 8.32 Å². The SMILES string of the molecule is CC(C)(C)[Si](C)(C)O[C@H]1C[C@H](NC(=O)O)C1. The average molecular weight is 245 g/mol. The monoisotopic (exact) mass is 245 g/mol. The molecule has 0 aromatic heterocycles. The van der Waals surface area contributed by atoms with Crippen LogP contribution in [0.5, 0.6) is 0 Å². The molecule has 0 aromatic rings. The third kappa shape index (κ3) is 3.22. The van der Waals surface area contributed by atoms with Crippen LogP contribution in [-0.4, -0.2) is 31.7 Å².